The Balaban J connectivity index is 2.11. The summed E-state index contributed by atoms with van der Waals surface area (Å²) in [6, 6.07) is 6.91. The molecule has 6 heteroatoms. The lowest BCUT2D eigenvalue weighted by Crippen LogP contribution is -2.49. The van der Waals surface area contributed by atoms with Gasteiger partial charge in [-0.2, -0.15) is 0 Å². The Hall–Kier alpha value is -1.69. The number of aryl methyl sites for hydroxylation is 1. The number of hydrogen-bond acceptors (Lipinski definition) is 3. The summed E-state index contributed by atoms with van der Waals surface area (Å²) in [5.74, 6) is -0.495. The molecule has 2 amide bonds. The SMILES string of the molecule is Cc1ccccc1CN(C)C(=O)N1C(C)SCC1C(=O)O. The van der Waals surface area contributed by atoms with Gasteiger partial charge in [-0.05, 0) is 25.0 Å². The molecule has 1 aromatic rings. The van der Waals surface area contributed by atoms with E-state index in [1.165, 1.54) is 16.7 Å². The number of hydrogen-bond donors (Lipinski definition) is 1. The average molecular weight is 308 g/mol. The zero-order valence-electron chi connectivity index (χ0n) is 12.4. The van der Waals surface area contributed by atoms with E-state index in [1.54, 1.807) is 11.9 Å². The number of thioether (sulfide) groups is 1. The average Bonchev–Trinajstić information content (AvgIpc) is 2.82. The molecule has 1 aliphatic heterocycles. The first-order valence-electron chi connectivity index (χ1n) is 6.84. The van der Waals surface area contributed by atoms with Crippen molar-refractivity contribution < 1.29 is 14.7 Å². The van der Waals surface area contributed by atoms with Gasteiger partial charge in [-0.1, -0.05) is 24.3 Å². The van der Waals surface area contributed by atoms with Crippen LogP contribution in [-0.4, -0.2) is 51.1 Å². The summed E-state index contributed by atoms with van der Waals surface area (Å²) in [6.07, 6.45) is 0. The second-order valence-electron chi connectivity index (χ2n) is 5.26. The van der Waals surface area contributed by atoms with Crippen LogP contribution in [0.4, 0.5) is 4.79 Å². The van der Waals surface area contributed by atoms with Crippen molar-refractivity contribution in [2.45, 2.75) is 31.8 Å². The Kier molecular flexibility index (Phi) is 4.77. The maximum Gasteiger partial charge on any atom is 0.327 e. The number of benzene rings is 1. The summed E-state index contributed by atoms with van der Waals surface area (Å²) in [4.78, 5) is 26.9. The molecule has 0 bridgehead atoms. The van der Waals surface area contributed by atoms with Crippen molar-refractivity contribution in [3.05, 3.63) is 35.4 Å². The van der Waals surface area contributed by atoms with E-state index in [-0.39, 0.29) is 11.4 Å². The van der Waals surface area contributed by atoms with Crippen molar-refractivity contribution in [3.63, 3.8) is 0 Å². The molecule has 0 radical (unpaired) electrons. The molecular formula is C15H20N2O3S. The van der Waals surface area contributed by atoms with Gasteiger partial charge in [0.05, 0.1) is 5.37 Å². The highest BCUT2D eigenvalue weighted by Crippen LogP contribution is 2.30. The largest absolute Gasteiger partial charge is 0.480 e. The van der Waals surface area contributed by atoms with E-state index in [4.69, 9.17) is 0 Å². The van der Waals surface area contributed by atoms with Crippen LogP contribution >= 0.6 is 11.8 Å². The van der Waals surface area contributed by atoms with Crippen LogP contribution in [0, 0.1) is 6.92 Å². The predicted octanol–water partition coefficient (Wildman–Crippen LogP) is 2.39. The standard InChI is InChI=1S/C15H20N2O3S/c1-10-6-4-5-7-12(10)8-16(3)15(20)17-11(2)21-9-13(17)14(18)19/h4-7,11,13H,8-9H2,1-3H3,(H,18,19). The minimum Gasteiger partial charge on any atom is -0.480 e. The molecule has 1 N–H and O–H groups in total. The molecule has 0 aromatic heterocycles. The molecule has 2 atom stereocenters. The van der Waals surface area contributed by atoms with Gasteiger partial charge in [0.2, 0.25) is 0 Å². The smallest absolute Gasteiger partial charge is 0.327 e. The second kappa shape index (κ2) is 6.39. The third kappa shape index (κ3) is 3.32. The topological polar surface area (TPSA) is 60.9 Å². The van der Waals surface area contributed by atoms with E-state index >= 15 is 0 Å². The first-order chi connectivity index (χ1) is 9.91. The zero-order chi connectivity index (χ0) is 15.6. The summed E-state index contributed by atoms with van der Waals surface area (Å²) < 4.78 is 0. The van der Waals surface area contributed by atoms with Crippen LogP contribution in [0.1, 0.15) is 18.1 Å². The highest BCUT2D eigenvalue weighted by Gasteiger charge is 2.40. The van der Waals surface area contributed by atoms with Crippen LogP contribution in [0.25, 0.3) is 0 Å². The lowest BCUT2D eigenvalue weighted by molar-refractivity contribution is -0.141. The van der Waals surface area contributed by atoms with E-state index in [0.29, 0.717) is 12.3 Å². The van der Waals surface area contributed by atoms with Gasteiger partial charge in [0.1, 0.15) is 6.04 Å². The van der Waals surface area contributed by atoms with E-state index in [0.717, 1.165) is 11.1 Å². The summed E-state index contributed by atoms with van der Waals surface area (Å²) >= 11 is 1.49. The molecule has 1 saturated heterocycles. The molecule has 1 heterocycles. The van der Waals surface area contributed by atoms with Gasteiger partial charge in [-0.15, -0.1) is 11.8 Å². The Morgan fingerprint density at radius 2 is 2.10 bits per heavy atom. The van der Waals surface area contributed by atoms with Crippen LogP contribution in [0.5, 0.6) is 0 Å². The lowest BCUT2D eigenvalue weighted by atomic mass is 10.1. The van der Waals surface area contributed by atoms with Crippen molar-refractivity contribution in [1.29, 1.82) is 0 Å². The maximum absolute atomic E-state index is 12.6. The summed E-state index contributed by atoms with van der Waals surface area (Å²) in [7, 11) is 1.71. The monoisotopic (exact) mass is 308 g/mol. The summed E-state index contributed by atoms with van der Waals surface area (Å²) in [5.41, 5.74) is 2.19. The number of aliphatic carboxylic acids is 1. The van der Waals surface area contributed by atoms with Gasteiger partial charge in [0.25, 0.3) is 0 Å². The van der Waals surface area contributed by atoms with Crippen LogP contribution < -0.4 is 0 Å². The summed E-state index contributed by atoms with van der Waals surface area (Å²) in [6.45, 7) is 4.35. The molecule has 5 nitrogen and oxygen atoms in total. The van der Waals surface area contributed by atoms with Gasteiger partial charge in [-0.25, -0.2) is 9.59 Å². The highest BCUT2D eigenvalue weighted by molar-refractivity contribution is 8.00. The van der Waals surface area contributed by atoms with Gasteiger partial charge in [0, 0.05) is 19.3 Å². The Bertz CT molecular complexity index is 549. The molecule has 1 fully saturated rings. The van der Waals surface area contributed by atoms with Crippen LogP contribution in [-0.2, 0) is 11.3 Å². The molecule has 2 rings (SSSR count). The molecule has 21 heavy (non-hydrogen) atoms. The Labute approximate surface area is 128 Å². The Morgan fingerprint density at radius 1 is 1.43 bits per heavy atom. The third-order valence-corrected chi connectivity index (χ3v) is 4.94. The number of carbonyl (C=O) groups excluding carboxylic acids is 1. The third-order valence-electron chi connectivity index (χ3n) is 3.72. The minimum atomic E-state index is -0.940. The van der Waals surface area contributed by atoms with Crippen molar-refractivity contribution in [1.82, 2.24) is 9.80 Å². The van der Waals surface area contributed by atoms with Crippen LogP contribution in [0.3, 0.4) is 0 Å². The number of amides is 2. The number of carboxylic acids is 1. The molecule has 114 valence electrons. The maximum atomic E-state index is 12.6. The van der Waals surface area contributed by atoms with E-state index < -0.39 is 12.0 Å². The molecule has 1 aromatic carbocycles. The molecule has 0 aliphatic carbocycles. The van der Waals surface area contributed by atoms with Crippen molar-refractivity contribution >= 4 is 23.8 Å². The molecule has 2 unspecified atom stereocenters. The minimum absolute atomic E-state index is 0.113. The Morgan fingerprint density at radius 3 is 2.71 bits per heavy atom. The zero-order valence-corrected chi connectivity index (χ0v) is 13.3. The highest BCUT2D eigenvalue weighted by atomic mass is 32.2. The fourth-order valence-electron chi connectivity index (χ4n) is 2.43. The molecular weight excluding hydrogens is 288 g/mol. The molecule has 0 spiro atoms. The van der Waals surface area contributed by atoms with Crippen LogP contribution in [0.2, 0.25) is 0 Å². The molecule has 1 aliphatic rings. The predicted molar refractivity (Wildman–Crippen MR) is 83.2 cm³/mol. The van der Waals surface area contributed by atoms with Crippen molar-refractivity contribution in [2.24, 2.45) is 0 Å². The van der Waals surface area contributed by atoms with E-state index in [1.807, 2.05) is 38.1 Å². The quantitative estimate of drug-likeness (QED) is 0.931. The first-order valence-corrected chi connectivity index (χ1v) is 7.89. The fourth-order valence-corrected chi connectivity index (χ4v) is 3.59. The fraction of sp³-hybridized carbons (Fsp3) is 0.467. The second-order valence-corrected chi connectivity index (χ2v) is 6.61. The van der Waals surface area contributed by atoms with Crippen LogP contribution in [0.15, 0.2) is 24.3 Å². The van der Waals surface area contributed by atoms with Gasteiger partial charge in [0.15, 0.2) is 0 Å². The van der Waals surface area contributed by atoms with Crippen molar-refractivity contribution in [3.8, 4) is 0 Å². The number of nitrogens with zero attached hydrogens (tertiary/aromatic N) is 2. The normalized spacial score (nSPS) is 21.4. The number of carbonyl (C=O) groups is 2. The summed E-state index contributed by atoms with van der Waals surface area (Å²) in [5, 5.41) is 9.13. The first kappa shape index (κ1) is 15.7. The van der Waals surface area contributed by atoms with Gasteiger partial charge >= 0.3 is 12.0 Å². The number of rotatable bonds is 3. The van der Waals surface area contributed by atoms with E-state index in [2.05, 4.69) is 0 Å². The van der Waals surface area contributed by atoms with E-state index in [9.17, 15) is 14.7 Å². The molecule has 0 saturated carbocycles. The van der Waals surface area contributed by atoms with Gasteiger partial charge in [-0.3, -0.25) is 4.90 Å². The lowest BCUT2D eigenvalue weighted by Gasteiger charge is -2.30. The number of urea groups is 1. The van der Waals surface area contributed by atoms with Crippen molar-refractivity contribution in [2.75, 3.05) is 12.8 Å². The van der Waals surface area contributed by atoms with Gasteiger partial charge < -0.3 is 10.0 Å². The number of carboxylic acid groups (broad SMARTS) is 1.